The lowest BCUT2D eigenvalue weighted by Crippen LogP contribution is -2.38. The SMILES string of the molecule is Cc1ccc2ncc(C(=O)N3CCCS(=O)(=NC(=O)C4CC(C)(C)C4)CC3)c(=O)n2c1. The molecule has 2 aromatic rings. The molecule has 0 bridgehead atoms. The Morgan fingerprint density at radius 2 is 1.94 bits per heavy atom. The molecule has 0 N–H and O–H groups in total. The van der Waals surface area contributed by atoms with Crippen LogP contribution in [0.25, 0.3) is 5.65 Å². The van der Waals surface area contributed by atoms with E-state index in [-0.39, 0.29) is 40.9 Å². The summed E-state index contributed by atoms with van der Waals surface area (Å²) in [5, 5.41) is 0. The number of aromatic nitrogens is 2. The van der Waals surface area contributed by atoms with Gasteiger partial charge < -0.3 is 4.90 Å². The lowest BCUT2D eigenvalue weighted by molar-refractivity contribution is -0.127. The van der Waals surface area contributed by atoms with E-state index < -0.39 is 21.2 Å². The van der Waals surface area contributed by atoms with Gasteiger partial charge in [-0.1, -0.05) is 19.9 Å². The molecule has 1 saturated heterocycles. The molecule has 0 spiro atoms. The molecule has 1 unspecified atom stereocenters. The van der Waals surface area contributed by atoms with E-state index in [0.29, 0.717) is 18.6 Å². The molecule has 2 aromatic heterocycles. The summed E-state index contributed by atoms with van der Waals surface area (Å²) < 4.78 is 18.7. The molecule has 2 fully saturated rings. The van der Waals surface area contributed by atoms with Gasteiger partial charge in [0, 0.05) is 42.9 Å². The molecule has 2 amide bonds. The number of carbonyl (C=O) groups is 2. The van der Waals surface area contributed by atoms with E-state index in [9.17, 15) is 18.6 Å². The summed E-state index contributed by atoms with van der Waals surface area (Å²) in [6, 6.07) is 3.58. The van der Waals surface area contributed by atoms with Crippen LogP contribution in [0.1, 0.15) is 49.0 Å². The highest BCUT2D eigenvalue weighted by Crippen LogP contribution is 2.45. The maximum absolute atomic E-state index is 13.2. The van der Waals surface area contributed by atoms with E-state index in [1.54, 1.807) is 12.3 Å². The van der Waals surface area contributed by atoms with E-state index in [4.69, 9.17) is 0 Å². The van der Waals surface area contributed by atoms with Gasteiger partial charge in [-0.15, -0.1) is 0 Å². The fraction of sp³-hybridized carbons (Fsp3) is 0.545. The standard InChI is InChI=1S/C22H28N4O4S/c1-15-5-6-18-23-13-17(21(29)26(18)14-15)20(28)25-7-4-9-31(30,10-8-25)24-19(27)16-11-22(2,3)12-16/h5-6,13-14,16H,4,7-12H2,1-3H3. The van der Waals surface area contributed by atoms with Gasteiger partial charge in [0.2, 0.25) is 0 Å². The molecule has 9 heteroatoms. The number of pyridine rings is 1. The van der Waals surface area contributed by atoms with Gasteiger partial charge in [0.25, 0.3) is 17.4 Å². The van der Waals surface area contributed by atoms with E-state index in [1.165, 1.54) is 15.5 Å². The van der Waals surface area contributed by atoms with Crippen LogP contribution in [0.15, 0.2) is 33.7 Å². The van der Waals surface area contributed by atoms with Crippen molar-refractivity contribution in [2.45, 2.75) is 40.0 Å². The molecule has 166 valence electrons. The van der Waals surface area contributed by atoms with Crippen molar-refractivity contribution in [2.24, 2.45) is 15.7 Å². The van der Waals surface area contributed by atoms with Gasteiger partial charge in [-0.05, 0) is 43.2 Å². The molecule has 1 aliphatic heterocycles. The molecule has 31 heavy (non-hydrogen) atoms. The first kappa shape index (κ1) is 21.7. The third kappa shape index (κ3) is 4.42. The average Bonchev–Trinajstić information content (AvgIpc) is 2.88. The Balaban J connectivity index is 1.52. The Hall–Kier alpha value is -2.55. The van der Waals surface area contributed by atoms with Crippen LogP contribution in [-0.4, -0.2) is 54.9 Å². The van der Waals surface area contributed by atoms with Crippen LogP contribution in [0, 0.1) is 18.3 Å². The number of aryl methyl sites for hydroxylation is 1. The molecule has 3 heterocycles. The van der Waals surface area contributed by atoms with E-state index >= 15 is 0 Å². The number of fused-ring (bicyclic) bond motifs is 1. The van der Waals surface area contributed by atoms with Gasteiger partial charge in [0.15, 0.2) is 0 Å². The zero-order chi connectivity index (χ0) is 22.4. The van der Waals surface area contributed by atoms with Gasteiger partial charge in [-0.25, -0.2) is 9.19 Å². The van der Waals surface area contributed by atoms with Crippen molar-refractivity contribution in [3.8, 4) is 0 Å². The summed E-state index contributed by atoms with van der Waals surface area (Å²) >= 11 is 0. The Morgan fingerprint density at radius 1 is 1.19 bits per heavy atom. The van der Waals surface area contributed by atoms with Crippen LogP contribution in [0.4, 0.5) is 0 Å². The van der Waals surface area contributed by atoms with Crippen LogP contribution >= 0.6 is 0 Å². The van der Waals surface area contributed by atoms with Crippen LogP contribution in [0.5, 0.6) is 0 Å². The molecule has 1 saturated carbocycles. The highest BCUT2D eigenvalue weighted by Gasteiger charge is 2.40. The summed E-state index contributed by atoms with van der Waals surface area (Å²) in [6.07, 6.45) is 4.98. The Kier molecular flexibility index (Phi) is 5.49. The summed E-state index contributed by atoms with van der Waals surface area (Å²) in [5.41, 5.74) is 1.07. The van der Waals surface area contributed by atoms with Crippen molar-refractivity contribution < 1.29 is 13.8 Å². The number of hydrogen-bond donors (Lipinski definition) is 0. The zero-order valence-corrected chi connectivity index (χ0v) is 19.0. The largest absolute Gasteiger partial charge is 0.337 e. The maximum atomic E-state index is 13.2. The molecule has 4 rings (SSSR count). The number of nitrogens with zero attached hydrogens (tertiary/aromatic N) is 4. The van der Waals surface area contributed by atoms with Gasteiger partial charge >= 0.3 is 0 Å². The predicted octanol–water partition coefficient (Wildman–Crippen LogP) is 2.28. The molecular weight excluding hydrogens is 416 g/mol. The van der Waals surface area contributed by atoms with Crippen LogP contribution in [-0.2, 0) is 14.5 Å². The van der Waals surface area contributed by atoms with E-state index in [0.717, 1.165) is 18.4 Å². The topological polar surface area (TPSA) is 101 Å². The third-order valence-corrected chi connectivity index (χ3v) is 8.40. The first-order valence-corrected chi connectivity index (χ1v) is 12.5. The first-order valence-electron chi connectivity index (χ1n) is 10.6. The quantitative estimate of drug-likeness (QED) is 0.707. The summed E-state index contributed by atoms with van der Waals surface area (Å²) in [7, 11) is -2.70. The van der Waals surface area contributed by atoms with Crippen molar-refractivity contribution in [1.29, 1.82) is 0 Å². The predicted molar refractivity (Wildman–Crippen MR) is 119 cm³/mol. The second-order valence-corrected chi connectivity index (χ2v) is 12.0. The summed E-state index contributed by atoms with van der Waals surface area (Å²) in [4.78, 5) is 44.1. The van der Waals surface area contributed by atoms with Crippen molar-refractivity contribution in [3.05, 3.63) is 46.0 Å². The molecule has 2 aliphatic rings. The van der Waals surface area contributed by atoms with Crippen molar-refractivity contribution in [1.82, 2.24) is 14.3 Å². The average molecular weight is 445 g/mol. The monoisotopic (exact) mass is 444 g/mol. The van der Waals surface area contributed by atoms with Gasteiger partial charge in [-0.2, -0.15) is 4.36 Å². The normalized spacial score (nSPS) is 23.8. The second-order valence-electron chi connectivity index (χ2n) is 9.44. The zero-order valence-electron chi connectivity index (χ0n) is 18.2. The molecule has 1 atom stereocenters. The number of carbonyl (C=O) groups excluding carboxylic acids is 2. The van der Waals surface area contributed by atoms with Gasteiger partial charge in [0.05, 0.1) is 9.73 Å². The number of amides is 2. The minimum Gasteiger partial charge on any atom is -0.337 e. The summed E-state index contributed by atoms with van der Waals surface area (Å²) in [5.74, 6) is -0.406. The summed E-state index contributed by atoms with van der Waals surface area (Å²) in [6.45, 7) is 6.64. The minimum atomic E-state index is -2.70. The van der Waals surface area contributed by atoms with Crippen molar-refractivity contribution >= 4 is 27.2 Å². The van der Waals surface area contributed by atoms with E-state index in [2.05, 4.69) is 23.2 Å². The Morgan fingerprint density at radius 3 is 2.65 bits per heavy atom. The molecular formula is C22H28N4O4S. The molecule has 0 aromatic carbocycles. The Bertz CT molecular complexity index is 1230. The highest BCUT2D eigenvalue weighted by atomic mass is 32.2. The second kappa shape index (κ2) is 7.85. The fourth-order valence-corrected chi connectivity index (χ4v) is 6.38. The maximum Gasteiger partial charge on any atom is 0.270 e. The number of hydrogen-bond acceptors (Lipinski definition) is 5. The van der Waals surface area contributed by atoms with Gasteiger partial charge in [-0.3, -0.25) is 18.8 Å². The third-order valence-electron chi connectivity index (χ3n) is 6.14. The smallest absolute Gasteiger partial charge is 0.270 e. The van der Waals surface area contributed by atoms with Crippen LogP contribution in [0.2, 0.25) is 0 Å². The molecule has 0 radical (unpaired) electrons. The minimum absolute atomic E-state index is 0.0128. The molecule has 1 aliphatic carbocycles. The van der Waals surface area contributed by atoms with E-state index in [1.807, 2.05) is 13.0 Å². The van der Waals surface area contributed by atoms with Crippen molar-refractivity contribution in [2.75, 3.05) is 24.6 Å². The van der Waals surface area contributed by atoms with Crippen LogP contribution in [0.3, 0.4) is 0 Å². The van der Waals surface area contributed by atoms with Crippen LogP contribution < -0.4 is 5.56 Å². The van der Waals surface area contributed by atoms with Gasteiger partial charge in [0.1, 0.15) is 11.2 Å². The Labute approximate surface area is 181 Å². The molecule has 8 nitrogen and oxygen atoms in total. The highest BCUT2D eigenvalue weighted by molar-refractivity contribution is 7.93. The fourth-order valence-electron chi connectivity index (χ4n) is 4.43. The number of rotatable bonds is 2. The van der Waals surface area contributed by atoms with Crippen molar-refractivity contribution in [3.63, 3.8) is 0 Å². The lowest BCUT2D eigenvalue weighted by Gasteiger charge is -2.40. The lowest BCUT2D eigenvalue weighted by atomic mass is 9.64. The first-order chi connectivity index (χ1) is 14.6.